The monoisotopic (exact) mass is 475 g/mol. The predicted octanol–water partition coefficient (Wildman–Crippen LogP) is 3.68. The number of aromatic nitrogens is 1. The molecular weight excluding hydrogens is 446 g/mol. The minimum Gasteiger partial charge on any atom is -0.497 e. The summed E-state index contributed by atoms with van der Waals surface area (Å²) in [6.45, 7) is 5.23. The summed E-state index contributed by atoms with van der Waals surface area (Å²) in [6.07, 6.45) is 0.704. The highest BCUT2D eigenvalue weighted by molar-refractivity contribution is 7.92. The number of carbonyl (C=O) groups excluding carboxylic acids is 1. The van der Waals surface area contributed by atoms with E-state index in [1.165, 1.54) is 35.5 Å². The van der Waals surface area contributed by atoms with Crippen molar-refractivity contribution < 1.29 is 17.9 Å². The van der Waals surface area contributed by atoms with Crippen LogP contribution in [0.3, 0.4) is 0 Å². The van der Waals surface area contributed by atoms with Crippen molar-refractivity contribution in [2.75, 3.05) is 44.9 Å². The number of anilines is 1. The van der Waals surface area contributed by atoms with Crippen molar-refractivity contribution in [3.63, 3.8) is 0 Å². The molecule has 172 valence electrons. The Labute approximate surface area is 193 Å². The van der Waals surface area contributed by atoms with Crippen LogP contribution in [0.4, 0.5) is 5.13 Å². The van der Waals surface area contributed by atoms with E-state index in [0.717, 1.165) is 27.9 Å². The Kier molecular flexibility index (Phi) is 7.53. The fourth-order valence-electron chi connectivity index (χ4n) is 3.26. The number of rotatable bonds is 9. The summed E-state index contributed by atoms with van der Waals surface area (Å²) in [6, 6.07) is 10.1. The quantitative estimate of drug-likeness (QED) is 0.470. The second-order valence-corrected chi connectivity index (χ2v) is 11.0. The number of sulfone groups is 1. The maximum atomic E-state index is 13.2. The molecule has 0 fully saturated rings. The second-order valence-electron chi connectivity index (χ2n) is 8.04. The number of methoxy groups -OCH3 is 1. The Balaban J connectivity index is 1.89. The van der Waals surface area contributed by atoms with E-state index in [0.29, 0.717) is 23.8 Å². The number of benzene rings is 2. The molecule has 0 spiro atoms. The van der Waals surface area contributed by atoms with Gasteiger partial charge in [0, 0.05) is 6.54 Å². The highest BCUT2D eigenvalue weighted by Crippen LogP contribution is 2.31. The summed E-state index contributed by atoms with van der Waals surface area (Å²) in [4.78, 5) is 21.5. The van der Waals surface area contributed by atoms with E-state index in [-0.39, 0.29) is 4.90 Å². The van der Waals surface area contributed by atoms with Crippen LogP contribution in [0.2, 0.25) is 0 Å². The Hall–Kier alpha value is -2.49. The van der Waals surface area contributed by atoms with Crippen molar-refractivity contribution in [2.45, 2.75) is 25.2 Å². The first kappa shape index (κ1) is 24.2. The fourth-order valence-corrected chi connectivity index (χ4v) is 5.55. The standard InChI is InChI=1S/C23H29N3O4S2/c1-16-13-20-21(14-17(16)2)31-23(24-20)26(12-6-11-25(3)4)22(27)15-32(28,29)19-9-7-18(30-5)8-10-19/h7-10,13-14H,6,11-12,15H2,1-5H3. The predicted molar refractivity (Wildman–Crippen MR) is 130 cm³/mol. The summed E-state index contributed by atoms with van der Waals surface area (Å²) in [5, 5.41) is 0.527. The average Bonchev–Trinajstić information content (AvgIpc) is 3.13. The van der Waals surface area contributed by atoms with Gasteiger partial charge in [0.15, 0.2) is 15.0 Å². The third-order valence-electron chi connectivity index (χ3n) is 5.24. The molecule has 0 aliphatic heterocycles. The van der Waals surface area contributed by atoms with E-state index < -0.39 is 21.5 Å². The number of nitrogens with zero attached hydrogens (tertiary/aromatic N) is 3. The molecule has 0 radical (unpaired) electrons. The van der Waals surface area contributed by atoms with Crippen LogP contribution in [0.1, 0.15) is 17.5 Å². The molecule has 9 heteroatoms. The molecule has 1 amide bonds. The van der Waals surface area contributed by atoms with E-state index in [1.807, 2.05) is 38.9 Å². The summed E-state index contributed by atoms with van der Waals surface area (Å²) in [5.74, 6) is -0.539. The average molecular weight is 476 g/mol. The van der Waals surface area contributed by atoms with Gasteiger partial charge in [-0.1, -0.05) is 11.3 Å². The molecule has 0 bridgehead atoms. The zero-order valence-electron chi connectivity index (χ0n) is 19.1. The van der Waals surface area contributed by atoms with Crippen LogP contribution >= 0.6 is 11.3 Å². The molecule has 3 rings (SSSR count). The van der Waals surface area contributed by atoms with E-state index in [2.05, 4.69) is 11.1 Å². The fraction of sp³-hybridized carbons (Fsp3) is 0.391. The van der Waals surface area contributed by atoms with Gasteiger partial charge in [-0.2, -0.15) is 0 Å². The van der Waals surface area contributed by atoms with E-state index in [9.17, 15) is 13.2 Å². The lowest BCUT2D eigenvalue weighted by atomic mass is 10.1. The van der Waals surface area contributed by atoms with Gasteiger partial charge in [-0.05, 0) is 88.4 Å². The number of aryl methyl sites for hydroxylation is 2. The van der Waals surface area contributed by atoms with Crippen LogP contribution < -0.4 is 9.64 Å². The van der Waals surface area contributed by atoms with Gasteiger partial charge < -0.3 is 9.64 Å². The first-order chi connectivity index (χ1) is 15.1. The van der Waals surface area contributed by atoms with E-state index in [4.69, 9.17) is 4.74 Å². The number of hydrogen-bond donors (Lipinski definition) is 0. The van der Waals surface area contributed by atoms with Gasteiger partial charge in [0.25, 0.3) is 0 Å². The molecule has 0 N–H and O–H groups in total. The van der Waals surface area contributed by atoms with Gasteiger partial charge in [0.05, 0.1) is 22.2 Å². The van der Waals surface area contributed by atoms with Crippen LogP contribution in [-0.4, -0.2) is 64.3 Å². The largest absolute Gasteiger partial charge is 0.497 e. The summed E-state index contributed by atoms with van der Waals surface area (Å²) in [7, 11) is 1.63. The van der Waals surface area contributed by atoms with Crippen molar-refractivity contribution in [2.24, 2.45) is 0 Å². The summed E-state index contributed by atoms with van der Waals surface area (Å²) < 4.78 is 31.9. The molecule has 7 nitrogen and oxygen atoms in total. The first-order valence-corrected chi connectivity index (χ1v) is 12.8. The smallest absolute Gasteiger partial charge is 0.244 e. The molecule has 0 atom stereocenters. The highest BCUT2D eigenvalue weighted by atomic mass is 32.2. The van der Waals surface area contributed by atoms with Crippen LogP contribution in [0, 0.1) is 13.8 Å². The van der Waals surface area contributed by atoms with E-state index >= 15 is 0 Å². The molecule has 0 aliphatic carbocycles. The molecule has 32 heavy (non-hydrogen) atoms. The van der Waals surface area contributed by atoms with Crippen LogP contribution in [0.5, 0.6) is 5.75 Å². The van der Waals surface area contributed by atoms with Crippen molar-refractivity contribution >= 4 is 42.4 Å². The Morgan fingerprint density at radius 1 is 1.06 bits per heavy atom. The molecule has 1 heterocycles. The van der Waals surface area contributed by atoms with Crippen molar-refractivity contribution in [1.82, 2.24) is 9.88 Å². The molecule has 0 aliphatic rings. The highest BCUT2D eigenvalue weighted by Gasteiger charge is 2.26. The molecule has 0 saturated carbocycles. The van der Waals surface area contributed by atoms with Crippen LogP contribution in [0.15, 0.2) is 41.3 Å². The molecule has 2 aromatic carbocycles. The molecular formula is C23H29N3O4S2. The lowest BCUT2D eigenvalue weighted by Crippen LogP contribution is -2.37. The minimum absolute atomic E-state index is 0.0930. The molecule has 0 saturated heterocycles. The number of carbonyl (C=O) groups is 1. The normalized spacial score (nSPS) is 11.8. The van der Waals surface area contributed by atoms with Gasteiger partial charge in [-0.3, -0.25) is 9.69 Å². The lowest BCUT2D eigenvalue weighted by Gasteiger charge is -2.21. The van der Waals surface area contributed by atoms with Gasteiger partial charge in [-0.15, -0.1) is 0 Å². The first-order valence-electron chi connectivity index (χ1n) is 10.3. The van der Waals surface area contributed by atoms with Crippen LogP contribution in [-0.2, 0) is 14.6 Å². The molecule has 3 aromatic rings. The lowest BCUT2D eigenvalue weighted by molar-refractivity contribution is -0.116. The Bertz CT molecular complexity index is 1160. The number of ether oxygens (including phenoxy) is 1. The topological polar surface area (TPSA) is 79.8 Å². The Morgan fingerprint density at radius 3 is 2.34 bits per heavy atom. The van der Waals surface area contributed by atoms with Crippen molar-refractivity contribution in [1.29, 1.82) is 0 Å². The van der Waals surface area contributed by atoms with Crippen molar-refractivity contribution in [3.05, 3.63) is 47.5 Å². The zero-order valence-corrected chi connectivity index (χ0v) is 20.7. The maximum Gasteiger partial charge on any atom is 0.244 e. The van der Waals surface area contributed by atoms with Crippen molar-refractivity contribution in [3.8, 4) is 5.75 Å². The van der Waals surface area contributed by atoms with Gasteiger partial charge in [0.2, 0.25) is 5.91 Å². The van der Waals surface area contributed by atoms with Gasteiger partial charge in [-0.25, -0.2) is 13.4 Å². The number of hydrogen-bond acceptors (Lipinski definition) is 7. The minimum atomic E-state index is -3.80. The maximum absolute atomic E-state index is 13.2. The SMILES string of the molecule is COc1ccc(S(=O)(=O)CC(=O)N(CCCN(C)C)c2nc3cc(C)c(C)cc3s2)cc1. The summed E-state index contributed by atoms with van der Waals surface area (Å²) >= 11 is 1.41. The van der Waals surface area contributed by atoms with Gasteiger partial charge in [0.1, 0.15) is 11.5 Å². The summed E-state index contributed by atoms with van der Waals surface area (Å²) in [5.41, 5.74) is 3.10. The second kappa shape index (κ2) is 9.97. The third kappa shape index (κ3) is 5.65. The number of amides is 1. The van der Waals surface area contributed by atoms with Crippen LogP contribution in [0.25, 0.3) is 10.2 Å². The number of thiazole rings is 1. The van der Waals surface area contributed by atoms with Gasteiger partial charge >= 0.3 is 0 Å². The van der Waals surface area contributed by atoms with E-state index in [1.54, 1.807) is 12.1 Å². The molecule has 1 aromatic heterocycles. The number of fused-ring (bicyclic) bond motifs is 1. The Morgan fingerprint density at radius 2 is 1.72 bits per heavy atom. The third-order valence-corrected chi connectivity index (χ3v) is 7.90. The zero-order chi connectivity index (χ0) is 23.5. The molecule has 0 unspecified atom stereocenters.